The van der Waals surface area contributed by atoms with Gasteiger partial charge in [-0.1, -0.05) is 26.7 Å². The van der Waals surface area contributed by atoms with Crippen molar-refractivity contribution in [2.24, 2.45) is 7.05 Å². The van der Waals surface area contributed by atoms with Gasteiger partial charge in [0, 0.05) is 24.9 Å². The zero-order chi connectivity index (χ0) is 21.9. The second-order valence-electron chi connectivity index (χ2n) is 7.18. The molecule has 0 amide bonds. The first-order chi connectivity index (χ1) is 14.3. The summed E-state index contributed by atoms with van der Waals surface area (Å²) in [6, 6.07) is 4.01. The van der Waals surface area contributed by atoms with Crippen molar-refractivity contribution < 1.29 is 22.6 Å². The Balaban J connectivity index is 2.08. The largest absolute Gasteiger partial charge is 0.573 e. The molecule has 162 valence electrons. The van der Waals surface area contributed by atoms with Gasteiger partial charge in [0.05, 0.1) is 18.5 Å². The molecule has 0 bridgehead atoms. The van der Waals surface area contributed by atoms with Gasteiger partial charge in [0.1, 0.15) is 17.0 Å². The number of unbranched alkanes of at least 4 members (excludes halogenated alkanes) is 2. The molecule has 2 aromatic heterocycles. The standard InChI is InChI=1S/C22H26F3N3O2/c1-5-7-8-9-14-13-28(3)21-19(14)26-17(6-2)20(27-21)16-11-10-15(12-18(16)29-4)30-22(23,24)25/h10-13H,5-9H2,1-4H3. The summed E-state index contributed by atoms with van der Waals surface area (Å²) in [5.74, 6) is -0.0928. The number of benzene rings is 1. The number of nitrogens with zero attached hydrogens (tertiary/aromatic N) is 3. The fourth-order valence-corrected chi connectivity index (χ4v) is 3.55. The normalized spacial score (nSPS) is 11.8. The van der Waals surface area contributed by atoms with E-state index in [0.29, 0.717) is 17.7 Å². The average Bonchev–Trinajstić information content (AvgIpc) is 3.00. The predicted molar refractivity (Wildman–Crippen MR) is 110 cm³/mol. The summed E-state index contributed by atoms with van der Waals surface area (Å²) < 4.78 is 49.0. The Morgan fingerprint density at radius 3 is 2.50 bits per heavy atom. The lowest BCUT2D eigenvalue weighted by atomic mass is 10.1. The summed E-state index contributed by atoms with van der Waals surface area (Å²) in [5.41, 5.74) is 4.73. The van der Waals surface area contributed by atoms with E-state index < -0.39 is 6.36 Å². The summed E-state index contributed by atoms with van der Waals surface area (Å²) >= 11 is 0. The maximum Gasteiger partial charge on any atom is 0.573 e. The third kappa shape index (κ3) is 4.68. The van der Waals surface area contributed by atoms with Crippen LogP contribution in [-0.4, -0.2) is 28.0 Å². The van der Waals surface area contributed by atoms with Crippen LogP contribution in [0.15, 0.2) is 24.4 Å². The van der Waals surface area contributed by atoms with E-state index in [0.717, 1.165) is 48.1 Å². The highest BCUT2D eigenvalue weighted by atomic mass is 19.4. The molecule has 30 heavy (non-hydrogen) atoms. The first kappa shape index (κ1) is 21.9. The van der Waals surface area contributed by atoms with Crippen molar-refractivity contribution in [1.82, 2.24) is 14.5 Å². The molecule has 8 heteroatoms. The van der Waals surface area contributed by atoms with Crippen LogP contribution >= 0.6 is 0 Å². The third-order valence-electron chi connectivity index (χ3n) is 4.98. The lowest BCUT2D eigenvalue weighted by Gasteiger charge is -2.14. The van der Waals surface area contributed by atoms with Crippen LogP contribution in [0.3, 0.4) is 0 Å². The van der Waals surface area contributed by atoms with Crippen LogP contribution < -0.4 is 9.47 Å². The number of halogens is 3. The van der Waals surface area contributed by atoms with Crippen LogP contribution in [0.5, 0.6) is 11.5 Å². The highest BCUT2D eigenvalue weighted by Crippen LogP contribution is 2.36. The molecule has 0 aliphatic carbocycles. The van der Waals surface area contributed by atoms with E-state index in [1.54, 1.807) is 0 Å². The monoisotopic (exact) mass is 421 g/mol. The Bertz CT molecular complexity index is 1030. The minimum absolute atomic E-state index is 0.248. The number of hydrogen-bond acceptors (Lipinski definition) is 4. The first-order valence-electron chi connectivity index (χ1n) is 10.1. The average molecular weight is 421 g/mol. The topological polar surface area (TPSA) is 49.2 Å². The Hall–Kier alpha value is -2.77. The molecule has 0 unspecified atom stereocenters. The molecule has 0 fully saturated rings. The molecule has 0 aliphatic rings. The lowest BCUT2D eigenvalue weighted by molar-refractivity contribution is -0.274. The molecule has 3 aromatic rings. The van der Waals surface area contributed by atoms with Crippen LogP contribution in [0.4, 0.5) is 13.2 Å². The molecule has 0 spiro atoms. The molecular formula is C22H26F3N3O2. The van der Waals surface area contributed by atoms with Gasteiger partial charge in [0.15, 0.2) is 5.65 Å². The molecule has 5 nitrogen and oxygen atoms in total. The zero-order valence-electron chi connectivity index (χ0n) is 17.6. The van der Waals surface area contributed by atoms with E-state index >= 15 is 0 Å². The molecular weight excluding hydrogens is 395 g/mol. The van der Waals surface area contributed by atoms with Crippen LogP contribution in [0.25, 0.3) is 22.4 Å². The van der Waals surface area contributed by atoms with Gasteiger partial charge in [-0.15, -0.1) is 13.2 Å². The van der Waals surface area contributed by atoms with Crippen LogP contribution in [0.2, 0.25) is 0 Å². The van der Waals surface area contributed by atoms with Gasteiger partial charge in [0.25, 0.3) is 0 Å². The number of alkyl halides is 3. The Labute approximate surface area is 173 Å². The zero-order valence-corrected chi connectivity index (χ0v) is 17.6. The van der Waals surface area contributed by atoms with Crippen molar-refractivity contribution in [3.8, 4) is 22.8 Å². The quantitative estimate of drug-likeness (QED) is 0.429. The van der Waals surface area contributed by atoms with Crippen molar-refractivity contribution in [3.63, 3.8) is 0 Å². The molecule has 1 aromatic carbocycles. The highest BCUT2D eigenvalue weighted by Gasteiger charge is 2.31. The van der Waals surface area contributed by atoms with Crippen molar-refractivity contribution in [2.45, 2.75) is 52.3 Å². The summed E-state index contributed by atoms with van der Waals surface area (Å²) in [4.78, 5) is 9.71. The van der Waals surface area contributed by atoms with Crippen molar-refractivity contribution >= 4 is 11.2 Å². The molecule has 3 rings (SSSR count). The lowest BCUT2D eigenvalue weighted by Crippen LogP contribution is -2.17. The van der Waals surface area contributed by atoms with Crippen molar-refractivity contribution in [2.75, 3.05) is 7.11 Å². The molecule has 0 saturated heterocycles. The van der Waals surface area contributed by atoms with E-state index in [-0.39, 0.29) is 11.5 Å². The second kappa shape index (κ2) is 8.93. The Morgan fingerprint density at radius 1 is 1.10 bits per heavy atom. The van der Waals surface area contributed by atoms with Crippen LogP contribution in [0.1, 0.15) is 44.4 Å². The molecule has 0 N–H and O–H groups in total. The van der Waals surface area contributed by atoms with Crippen LogP contribution in [0, 0.1) is 0 Å². The molecule has 2 heterocycles. The van der Waals surface area contributed by atoms with Gasteiger partial charge in [-0.3, -0.25) is 0 Å². The van der Waals surface area contributed by atoms with E-state index in [1.807, 2.05) is 18.5 Å². The summed E-state index contributed by atoms with van der Waals surface area (Å²) in [6.45, 7) is 4.15. The van der Waals surface area contributed by atoms with Gasteiger partial charge in [-0.05, 0) is 37.0 Å². The number of hydrogen-bond donors (Lipinski definition) is 0. The molecule has 0 aliphatic heterocycles. The van der Waals surface area contributed by atoms with Gasteiger partial charge < -0.3 is 14.0 Å². The number of fused-ring (bicyclic) bond motifs is 1. The smallest absolute Gasteiger partial charge is 0.496 e. The maximum atomic E-state index is 12.6. The number of methoxy groups -OCH3 is 1. The van der Waals surface area contributed by atoms with E-state index in [4.69, 9.17) is 14.7 Å². The van der Waals surface area contributed by atoms with Crippen molar-refractivity contribution in [1.29, 1.82) is 0 Å². The number of ether oxygens (including phenoxy) is 2. The number of aromatic nitrogens is 3. The Kier molecular flexibility index (Phi) is 6.53. The van der Waals surface area contributed by atoms with Gasteiger partial charge in [-0.25, -0.2) is 9.97 Å². The minimum Gasteiger partial charge on any atom is -0.496 e. The van der Waals surface area contributed by atoms with Gasteiger partial charge in [-0.2, -0.15) is 0 Å². The molecule has 0 saturated carbocycles. The SMILES string of the molecule is CCCCCc1cn(C)c2nc(-c3ccc(OC(F)(F)F)cc3OC)c(CC)nc12. The fraction of sp³-hybridized carbons (Fsp3) is 0.455. The predicted octanol–water partition coefficient (Wildman–Crippen LogP) is 5.84. The number of rotatable bonds is 8. The highest BCUT2D eigenvalue weighted by molar-refractivity contribution is 5.81. The summed E-state index contributed by atoms with van der Waals surface area (Å²) in [5, 5.41) is 0. The third-order valence-corrected chi connectivity index (χ3v) is 4.98. The van der Waals surface area contributed by atoms with Crippen molar-refractivity contribution in [3.05, 3.63) is 35.7 Å². The van der Waals surface area contributed by atoms with Gasteiger partial charge in [0.2, 0.25) is 0 Å². The van der Waals surface area contributed by atoms with E-state index in [9.17, 15) is 13.2 Å². The maximum absolute atomic E-state index is 12.6. The van der Waals surface area contributed by atoms with E-state index in [1.165, 1.54) is 25.3 Å². The molecule has 0 radical (unpaired) electrons. The summed E-state index contributed by atoms with van der Waals surface area (Å²) in [7, 11) is 3.33. The summed E-state index contributed by atoms with van der Waals surface area (Å²) in [6.07, 6.45) is 2.26. The van der Waals surface area contributed by atoms with E-state index in [2.05, 4.69) is 17.9 Å². The van der Waals surface area contributed by atoms with Gasteiger partial charge >= 0.3 is 6.36 Å². The fourth-order valence-electron chi connectivity index (χ4n) is 3.55. The number of aryl methyl sites for hydroxylation is 3. The first-order valence-corrected chi connectivity index (χ1v) is 10.1. The Morgan fingerprint density at radius 2 is 1.87 bits per heavy atom. The van der Waals surface area contributed by atoms with Crippen LogP contribution in [-0.2, 0) is 19.9 Å². The minimum atomic E-state index is -4.77. The molecule has 0 atom stereocenters. The second-order valence-corrected chi connectivity index (χ2v) is 7.18.